The highest BCUT2D eigenvalue weighted by Gasteiger charge is 2.14. The monoisotopic (exact) mass is 228 g/mol. The maximum Gasteiger partial charge on any atom is 0.0593 e. The van der Waals surface area contributed by atoms with Crippen molar-refractivity contribution >= 4 is 0 Å². The lowest BCUT2D eigenvalue weighted by Gasteiger charge is -2.26. The quantitative estimate of drug-likeness (QED) is 0.673. The molecule has 1 unspecified atom stereocenters. The Morgan fingerprint density at radius 1 is 1.25 bits per heavy atom. The molecule has 96 valence electrons. The fourth-order valence-electron chi connectivity index (χ4n) is 2.28. The van der Waals surface area contributed by atoms with Crippen LogP contribution in [0.4, 0.5) is 0 Å². The normalized spacial score (nSPS) is 22.3. The van der Waals surface area contributed by atoms with E-state index < -0.39 is 0 Å². The standard InChI is InChI=1S/C13H28N2O/c1-3-15(10-11-16-4-2)12-13-8-6-5-7-9-14-13/h13-14H,3-12H2,1-2H3. The highest BCUT2D eigenvalue weighted by molar-refractivity contribution is 4.74. The zero-order chi connectivity index (χ0) is 11.6. The number of hydrogen-bond donors (Lipinski definition) is 1. The van der Waals surface area contributed by atoms with Gasteiger partial charge < -0.3 is 10.1 Å². The van der Waals surface area contributed by atoms with Crippen molar-refractivity contribution in [3.05, 3.63) is 0 Å². The molecule has 1 saturated heterocycles. The Balaban J connectivity index is 2.19. The van der Waals surface area contributed by atoms with Gasteiger partial charge in [0.05, 0.1) is 6.61 Å². The lowest BCUT2D eigenvalue weighted by molar-refractivity contribution is 0.111. The molecule has 1 N–H and O–H groups in total. The second kappa shape index (κ2) is 8.97. The number of nitrogens with zero attached hydrogens (tertiary/aromatic N) is 1. The SMILES string of the molecule is CCOCCN(CC)CC1CCCCCN1. The molecule has 0 aromatic carbocycles. The Labute approximate surface area is 101 Å². The van der Waals surface area contributed by atoms with E-state index in [-0.39, 0.29) is 0 Å². The molecule has 0 aromatic rings. The molecular weight excluding hydrogens is 200 g/mol. The van der Waals surface area contributed by atoms with Gasteiger partial charge in [0.1, 0.15) is 0 Å². The summed E-state index contributed by atoms with van der Waals surface area (Å²) < 4.78 is 5.42. The zero-order valence-corrected chi connectivity index (χ0v) is 11.0. The van der Waals surface area contributed by atoms with Crippen molar-refractivity contribution in [2.75, 3.05) is 39.4 Å². The van der Waals surface area contributed by atoms with Crippen molar-refractivity contribution in [3.63, 3.8) is 0 Å². The third-order valence-electron chi connectivity index (χ3n) is 3.34. The minimum absolute atomic E-state index is 0.698. The summed E-state index contributed by atoms with van der Waals surface area (Å²) in [6.45, 7) is 10.6. The van der Waals surface area contributed by atoms with Crippen molar-refractivity contribution in [1.82, 2.24) is 10.2 Å². The van der Waals surface area contributed by atoms with E-state index in [1.165, 1.54) is 38.8 Å². The van der Waals surface area contributed by atoms with E-state index in [1.807, 2.05) is 0 Å². The molecule has 3 heteroatoms. The van der Waals surface area contributed by atoms with E-state index in [4.69, 9.17) is 4.74 Å². The van der Waals surface area contributed by atoms with Crippen LogP contribution in [-0.2, 0) is 4.74 Å². The van der Waals surface area contributed by atoms with Gasteiger partial charge in [0.25, 0.3) is 0 Å². The summed E-state index contributed by atoms with van der Waals surface area (Å²) in [5, 5.41) is 3.65. The predicted octanol–water partition coefficient (Wildman–Crippen LogP) is 1.88. The molecule has 1 aliphatic heterocycles. The van der Waals surface area contributed by atoms with E-state index >= 15 is 0 Å². The van der Waals surface area contributed by atoms with Crippen LogP contribution in [0.5, 0.6) is 0 Å². The molecule has 1 atom stereocenters. The van der Waals surface area contributed by atoms with Gasteiger partial charge in [-0.1, -0.05) is 19.8 Å². The van der Waals surface area contributed by atoms with Crippen molar-refractivity contribution in [2.24, 2.45) is 0 Å². The number of ether oxygens (including phenoxy) is 1. The number of nitrogens with one attached hydrogen (secondary N) is 1. The molecule has 0 saturated carbocycles. The van der Waals surface area contributed by atoms with Crippen LogP contribution in [0.3, 0.4) is 0 Å². The van der Waals surface area contributed by atoms with Gasteiger partial charge in [0.2, 0.25) is 0 Å². The van der Waals surface area contributed by atoms with Crippen molar-refractivity contribution in [3.8, 4) is 0 Å². The average molecular weight is 228 g/mol. The summed E-state index contributed by atoms with van der Waals surface area (Å²) in [5.74, 6) is 0. The van der Waals surface area contributed by atoms with Crippen LogP contribution in [-0.4, -0.2) is 50.3 Å². The molecular formula is C13H28N2O. The first-order chi connectivity index (χ1) is 7.86. The van der Waals surface area contributed by atoms with E-state index in [0.717, 1.165) is 26.3 Å². The highest BCUT2D eigenvalue weighted by Crippen LogP contribution is 2.09. The van der Waals surface area contributed by atoms with Crippen molar-refractivity contribution < 1.29 is 4.74 Å². The molecule has 0 radical (unpaired) electrons. The van der Waals surface area contributed by atoms with Gasteiger partial charge in [-0.15, -0.1) is 0 Å². The molecule has 0 amide bonds. The predicted molar refractivity (Wildman–Crippen MR) is 68.9 cm³/mol. The largest absolute Gasteiger partial charge is 0.380 e. The summed E-state index contributed by atoms with van der Waals surface area (Å²) >= 11 is 0. The lowest BCUT2D eigenvalue weighted by atomic mass is 10.1. The van der Waals surface area contributed by atoms with Crippen LogP contribution in [0.1, 0.15) is 39.5 Å². The zero-order valence-electron chi connectivity index (χ0n) is 11.0. The lowest BCUT2D eigenvalue weighted by Crippen LogP contribution is -2.41. The van der Waals surface area contributed by atoms with Crippen LogP contribution < -0.4 is 5.32 Å². The third kappa shape index (κ3) is 5.83. The molecule has 0 aromatic heterocycles. The Hall–Kier alpha value is -0.120. The van der Waals surface area contributed by atoms with Crippen molar-refractivity contribution in [1.29, 1.82) is 0 Å². The third-order valence-corrected chi connectivity index (χ3v) is 3.34. The first-order valence-electron chi connectivity index (χ1n) is 6.90. The molecule has 1 aliphatic rings. The van der Waals surface area contributed by atoms with Gasteiger partial charge in [-0.3, -0.25) is 4.90 Å². The number of rotatable bonds is 7. The maximum absolute atomic E-state index is 5.42. The second-order valence-corrected chi connectivity index (χ2v) is 4.59. The van der Waals surface area contributed by atoms with Crippen LogP contribution in [0.2, 0.25) is 0 Å². The van der Waals surface area contributed by atoms with Crippen LogP contribution >= 0.6 is 0 Å². The maximum atomic E-state index is 5.42. The minimum Gasteiger partial charge on any atom is -0.380 e. The number of hydrogen-bond acceptors (Lipinski definition) is 3. The fourth-order valence-corrected chi connectivity index (χ4v) is 2.28. The van der Waals surface area contributed by atoms with E-state index in [0.29, 0.717) is 6.04 Å². The molecule has 1 fully saturated rings. The average Bonchev–Trinajstić information content (AvgIpc) is 2.56. The van der Waals surface area contributed by atoms with Crippen LogP contribution in [0.15, 0.2) is 0 Å². The first-order valence-corrected chi connectivity index (χ1v) is 6.90. The molecule has 1 rings (SSSR count). The van der Waals surface area contributed by atoms with Crippen LogP contribution in [0.25, 0.3) is 0 Å². The molecule has 16 heavy (non-hydrogen) atoms. The fraction of sp³-hybridized carbons (Fsp3) is 1.00. The second-order valence-electron chi connectivity index (χ2n) is 4.59. The number of likely N-dealkylation sites (N-methyl/N-ethyl adjacent to an activating group) is 1. The van der Waals surface area contributed by atoms with Gasteiger partial charge in [0, 0.05) is 25.7 Å². The molecule has 0 aliphatic carbocycles. The summed E-state index contributed by atoms with van der Waals surface area (Å²) in [6.07, 6.45) is 5.47. The Kier molecular flexibility index (Phi) is 7.81. The highest BCUT2D eigenvalue weighted by atomic mass is 16.5. The Morgan fingerprint density at radius 2 is 2.12 bits per heavy atom. The van der Waals surface area contributed by atoms with Gasteiger partial charge in [-0.2, -0.15) is 0 Å². The van der Waals surface area contributed by atoms with Gasteiger partial charge >= 0.3 is 0 Å². The van der Waals surface area contributed by atoms with Gasteiger partial charge in [0.15, 0.2) is 0 Å². The van der Waals surface area contributed by atoms with Crippen molar-refractivity contribution in [2.45, 2.75) is 45.6 Å². The smallest absolute Gasteiger partial charge is 0.0593 e. The van der Waals surface area contributed by atoms with Crippen LogP contribution in [0, 0.1) is 0 Å². The molecule has 3 nitrogen and oxygen atoms in total. The molecule has 0 bridgehead atoms. The first kappa shape index (κ1) is 13.9. The topological polar surface area (TPSA) is 24.5 Å². The van der Waals surface area contributed by atoms with E-state index in [1.54, 1.807) is 0 Å². The Bertz CT molecular complexity index is 156. The summed E-state index contributed by atoms with van der Waals surface area (Å²) in [4.78, 5) is 2.50. The van der Waals surface area contributed by atoms with E-state index in [2.05, 4.69) is 24.1 Å². The van der Waals surface area contributed by atoms with E-state index in [9.17, 15) is 0 Å². The Morgan fingerprint density at radius 3 is 2.88 bits per heavy atom. The summed E-state index contributed by atoms with van der Waals surface area (Å²) in [5.41, 5.74) is 0. The summed E-state index contributed by atoms with van der Waals surface area (Å²) in [6, 6.07) is 0.698. The summed E-state index contributed by atoms with van der Waals surface area (Å²) in [7, 11) is 0. The van der Waals surface area contributed by atoms with Gasteiger partial charge in [-0.05, 0) is 32.9 Å². The molecule has 1 heterocycles. The molecule has 0 spiro atoms. The van der Waals surface area contributed by atoms with Gasteiger partial charge in [-0.25, -0.2) is 0 Å². The minimum atomic E-state index is 0.698.